The van der Waals surface area contributed by atoms with E-state index in [9.17, 15) is 4.79 Å². The standard InChI is InChI=1S/C34H36FN5O2/c1-20(2)39-13-11-23(12-14-39)26-18-29-24(16-28(26)35)17-30(38-29)33(41)27-19-37-40(34(27)36)25-9-10-32(22(4)15-25)42-31-8-6-5-7-21(31)3/h5-10,15-20,23,38H,11-14,36H2,1-4H3. The van der Waals surface area contributed by atoms with Gasteiger partial charge in [-0.25, -0.2) is 9.07 Å². The second-order valence-corrected chi connectivity index (χ2v) is 11.5. The number of nitrogens with zero attached hydrogens (tertiary/aromatic N) is 3. The topological polar surface area (TPSA) is 89.2 Å². The van der Waals surface area contributed by atoms with Crippen molar-refractivity contribution in [2.45, 2.75) is 52.5 Å². The van der Waals surface area contributed by atoms with Crippen molar-refractivity contribution in [3.05, 3.63) is 101 Å². The molecular weight excluding hydrogens is 529 g/mol. The van der Waals surface area contributed by atoms with Crippen molar-refractivity contribution in [2.24, 2.45) is 0 Å². The molecule has 1 aliphatic rings. The van der Waals surface area contributed by atoms with Gasteiger partial charge in [-0.1, -0.05) is 18.2 Å². The van der Waals surface area contributed by atoms with Crippen LogP contribution in [0.5, 0.6) is 11.5 Å². The number of para-hydroxylation sites is 1. The van der Waals surface area contributed by atoms with Crippen molar-refractivity contribution in [1.82, 2.24) is 19.7 Å². The fourth-order valence-corrected chi connectivity index (χ4v) is 5.88. The Balaban J connectivity index is 1.23. The van der Waals surface area contributed by atoms with E-state index >= 15 is 4.39 Å². The lowest BCUT2D eigenvalue weighted by atomic mass is 9.88. The van der Waals surface area contributed by atoms with Gasteiger partial charge in [-0.15, -0.1) is 0 Å². The number of aromatic amines is 1. The molecule has 7 nitrogen and oxygen atoms in total. The van der Waals surface area contributed by atoms with E-state index in [0.29, 0.717) is 28.4 Å². The molecule has 0 radical (unpaired) electrons. The van der Waals surface area contributed by atoms with Crippen LogP contribution in [0.3, 0.4) is 0 Å². The van der Waals surface area contributed by atoms with E-state index in [1.54, 1.807) is 10.7 Å². The van der Waals surface area contributed by atoms with E-state index in [1.807, 2.05) is 62.4 Å². The van der Waals surface area contributed by atoms with E-state index in [1.165, 1.54) is 12.3 Å². The minimum atomic E-state index is -0.293. The Bertz CT molecular complexity index is 1780. The molecule has 3 heterocycles. The monoisotopic (exact) mass is 565 g/mol. The summed E-state index contributed by atoms with van der Waals surface area (Å²) < 4.78 is 22.9. The highest BCUT2D eigenvalue weighted by molar-refractivity contribution is 6.12. The maximum absolute atomic E-state index is 15.2. The number of carbonyl (C=O) groups is 1. The van der Waals surface area contributed by atoms with Crippen molar-refractivity contribution in [3.63, 3.8) is 0 Å². The number of piperidine rings is 1. The first-order valence-electron chi connectivity index (χ1n) is 14.5. The first kappa shape index (κ1) is 27.7. The Morgan fingerprint density at radius 1 is 1.02 bits per heavy atom. The zero-order valence-corrected chi connectivity index (χ0v) is 24.4. The lowest BCUT2D eigenvalue weighted by molar-refractivity contribution is 0.103. The number of nitrogens with two attached hydrogens (primary N) is 1. The van der Waals surface area contributed by atoms with Crippen LogP contribution in [-0.2, 0) is 0 Å². The molecule has 0 bridgehead atoms. The number of carbonyl (C=O) groups excluding carboxylic acids is 1. The Hall–Kier alpha value is -4.43. The lowest BCUT2D eigenvalue weighted by Crippen LogP contribution is -2.38. The normalized spacial score (nSPS) is 14.6. The molecule has 1 fully saturated rings. The Labute approximate surface area is 245 Å². The van der Waals surface area contributed by atoms with Gasteiger partial charge in [-0.3, -0.25) is 4.79 Å². The minimum absolute atomic E-state index is 0.165. The first-order valence-corrected chi connectivity index (χ1v) is 14.5. The molecule has 0 amide bonds. The van der Waals surface area contributed by atoms with Crippen molar-refractivity contribution in [2.75, 3.05) is 18.8 Å². The molecule has 5 aromatic rings. The molecule has 1 aliphatic heterocycles. The second kappa shape index (κ2) is 11.1. The number of hydrogen-bond acceptors (Lipinski definition) is 5. The number of H-pyrrole nitrogens is 1. The van der Waals surface area contributed by atoms with Gasteiger partial charge in [0.05, 0.1) is 23.1 Å². The maximum Gasteiger partial charge on any atom is 0.214 e. The number of ether oxygens (including phenoxy) is 1. The highest BCUT2D eigenvalue weighted by Crippen LogP contribution is 2.34. The number of rotatable bonds is 7. The molecule has 0 aliphatic carbocycles. The molecular formula is C34H36FN5O2. The SMILES string of the molecule is Cc1ccccc1Oc1ccc(-n2ncc(C(=O)c3cc4cc(F)c(C5CCN(C(C)C)CC5)cc4[nH]3)c2N)cc1C. The number of anilines is 1. The molecule has 3 aromatic carbocycles. The summed E-state index contributed by atoms with van der Waals surface area (Å²) in [7, 11) is 0. The number of nitrogen functional groups attached to an aromatic ring is 1. The quantitative estimate of drug-likeness (QED) is 0.202. The van der Waals surface area contributed by atoms with Crippen molar-refractivity contribution in [1.29, 1.82) is 0 Å². The Kier molecular flexibility index (Phi) is 7.33. The fraction of sp³-hybridized carbons (Fsp3) is 0.294. The Morgan fingerprint density at radius 2 is 1.76 bits per heavy atom. The number of likely N-dealkylation sites (tertiary alicyclic amines) is 1. The van der Waals surface area contributed by atoms with Crippen LogP contribution in [0, 0.1) is 19.7 Å². The molecule has 0 unspecified atom stereocenters. The number of fused-ring (bicyclic) bond motifs is 1. The number of hydrogen-bond donors (Lipinski definition) is 2. The predicted molar refractivity (Wildman–Crippen MR) is 164 cm³/mol. The predicted octanol–water partition coefficient (Wildman–Crippen LogP) is 7.30. The number of ketones is 1. The number of aromatic nitrogens is 3. The molecule has 1 saturated heterocycles. The van der Waals surface area contributed by atoms with Crippen LogP contribution in [0.15, 0.2) is 66.9 Å². The van der Waals surface area contributed by atoms with Crippen LogP contribution in [0.25, 0.3) is 16.6 Å². The van der Waals surface area contributed by atoms with Crippen LogP contribution in [0.2, 0.25) is 0 Å². The summed E-state index contributed by atoms with van der Waals surface area (Å²) in [5.74, 6) is 1.40. The van der Waals surface area contributed by atoms with Gasteiger partial charge in [-0.05, 0) is 119 Å². The number of aryl methyl sites for hydroxylation is 2. The van der Waals surface area contributed by atoms with Crippen LogP contribution >= 0.6 is 0 Å². The summed E-state index contributed by atoms with van der Waals surface area (Å²) in [5, 5.41) is 5.07. The van der Waals surface area contributed by atoms with Crippen molar-refractivity contribution < 1.29 is 13.9 Å². The Morgan fingerprint density at radius 3 is 2.48 bits per heavy atom. The van der Waals surface area contributed by atoms with Crippen LogP contribution < -0.4 is 10.5 Å². The highest BCUT2D eigenvalue weighted by Gasteiger charge is 2.26. The molecule has 0 atom stereocenters. The fourth-order valence-electron chi connectivity index (χ4n) is 5.88. The van der Waals surface area contributed by atoms with E-state index in [2.05, 4.69) is 28.8 Å². The van der Waals surface area contributed by atoms with Crippen LogP contribution in [0.1, 0.15) is 65.3 Å². The molecule has 6 rings (SSSR count). The van der Waals surface area contributed by atoms with Gasteiger partial charge < -0.3 is 20.4 Å². The average Bonchev–Trinajstić information content (AvgIpc) is 3.57. The molecule has 216 valence electrons. The van der Waals surface area contributed by atoms with Crippen LogP contribution in [-0.4, -0.2) is 44.6 Å². The van der Waals surface area contributed by atoms with Gasteiger partial charge in [0.15, 0.2) is 0 Å². The molecule has 3 N–H and O–H groups in total. The minimum Gasteiger partial charge on any atom is -0.457 e. The van der Waals surface area contributed by atoms with E-state index < -0.39 is 0 Å². The number of halogens is 1. The van der Waals surface area contributed by atoms with Crippen molar-refractivity contribution >= 4 is 22.5 Å². The summed E-state index contributed by atoms with van der Waals surface area (Å²) in [6.45, 7) is 10.3. The highest BCUT2D eigenvalue weighted by atomic mass is 19.1. The third-order valence-electron chi connectivity index (χ3n) is 8.45. The van der Waals surface area contributed by atoms with Gasteiger partial charge >= 0.3 is 0 Å². The van der Waals surface area contributed by atoms with Gasteiger partial charge in [0.2, 0.25) is 5.78 Å². The molecule has 8 heteroatoms. The molecule has 0 saturated carbocycles. The molecule has 2 aromatic heterocycles. The lowest BCUT2D eigenvalue weighted by Gasteiger charge is -2.34. The van der Waals surface area contributed by atoms with E-state index in [4.69, 9.17) is 10.5 Å². The number of benzene rings is 3. The second-order valence-electron chi connectivity index (χ2n) is 11.5. The summed E-state index contributed by atoms with van der Waals surface area (Å²) in [5.41, 5.74) is 11.2. The zero-order valence-electron chi connectivity index (χ0n) is 24.4. The summed E-state index contributed by atoms with van der Waals surface area (Å²) in [4.78, 5) is 19.2. The maximum atomic E-state index is 15.2. The van der Waals surface area contributed by atoms with Gasteiger partial charge in [0.1, 0.15) is 23.1 Å². The third-order valence-corrected chi connectivity index (χ3v) is 8.45. The smallest absolute Gasteiger partial charge is 0.214 e. The van der Waals surface area contributed by atoms with Crippen molar-refractivity contribution in [3.8, 4) is 17.2 Å². The first-order chi connectivity index (χ1) is 20.2. The number of nitrogens with one attached hydrogen (secondary N) is 1. The molecule has 42 heavy (non-hydrogen) atoms. The van der Waals surface area contributed by atoms with Crippen LogP contribution in [0.4, 0.5) is 10.2 Å². The summed E-state index contributed by atoms with van der Waals surface area (Å²) >= 11 is 0. The van der Waals surface area contributed by atoms with Gasteiger partial charge in [0.25, 0.3) is 0 Å². The van der Waals surface area contributed by atoms with Gasteiger partial charge in [0, 0.05) is 16.9 Å². The summed E-state index contributed by atoms with van der Waals surface area (Å²) in [6.07, 6.45) is 3.31. The molecule has 0 spiro atoms. The third kappa shape index (κ3) is 5.18. The van der Waals surface area contributed by atoms with E-state index in [-0.39, 0.29) is 28.9 Å². The largest absolute Gasteiger partial charge is 0.457 e. The van der Waals surface area contributed by atoms with E-state index in [0.717, 1.165) is 54.1 Å². The summed E-state index contributed by atoms with van der Waals surface area (Å²) in [6, 6.07) is 19.1. The average molecular weight is 566 g/mol. The van der Waals surface area contributed by atoms with Gasteiger partial charge in [-0.2, -0.15) is 5.10 Å². The zero-order chi connectivity index (χ0) is 29.5.